The number of esters is 2. The first kappa shape index (κ1) is 59.5. The quantitative estimate of drug-likeness (QED) is 0.0173. The maximum absolute atomic E-state index is 14.4. The Morgan fingerprint density at radius 2 is 1.66 bits per heavy atom. The summed E-state index contributed by atoms with van der Waals surface area (Å²) < 4.78 is 90.1. The molecule has 0 aliphatic heterocycles. The number of unbranched alkanes of at least 4 members (excludes halogenated alkanes) is 1. The number of aromatic nitrogens is 2. The number of rotatable bonds is 27. The third-order valence-corrected chi connectivity index (χ3v) is 13.2. The number of aryl methyl sites for hydroxylation is 2. The number of ether oxygens (including phenoxy) is 4. The summed E-state index contributed by atoms with van der Waals surface area (Å²) in [5.41, 5.74) is -1.05. The summed E-state index contributed by atoms with van der Waals surface area (Å²) in [5, 5.41) is 33.0. The van der Waals surface area contributed by atoms with Gasteiger partial charge in [-0.05, 0) is 101 Å². The van der Waals surface area contributed by atoms with E-state index in [9.17, 15) is 71.1 Å². The number of carbonyl (C=O) groups excluding carboxylic acids is 3. The Balaban J connectivity index is 1.17. The number of sulfonamides is 1. The first-order chi connectivity index (χ1) is 36.4. The molecule has 0 radical (unpaired) electrons. The SMILES string of the molecule is CCOC(=O)c1c(C)cc2nc(COC(=O)NCCOC(=O)CCC/C=C\C[C@@H]3[C@@H](/C=C/[C@H](COc4cccc(C(F)(F)F)c4)O[N+](=O)[O-])[C@H](O[N+](=O)[O-])C[C@@H]3O[N+](=O)[O-])n(-c3ccccc3S(=O)(=O)NC)c(=O)c2c1C. The molecule has 77 heavy (non-hydrogen) atoms. The van der Waals surface area contributed by atoms with Crippen LogP contribution in [0, 0.1) is 56.0 Å². The Hall–Kier alpha value is -8.41. The minimum absolute atomic E-state index is 0.0172. The molecule has 5 atom stereocenters. The molecular weight excluding hydrogens is 1060 g/mol. The van der Waals surface area contributed by atoms with Gasteiger partial charge in [-0.2, -0.15) is 13.2 Å². The van der Waals surface area contributed by atoms with Crippen molar-refractivity contribution in [2.24, 2.45) is 11.8 Å². The second-order valence-corrected chi connectivity index (χ2v) is 18.6. The van der Waals surface area contributed by atoms with Gasteiger partial charge in [0, 0.05) is 18.8 Å². The van der Waals surface area contributed by atoms with Crippen molar-refractivity contribution in [1.29, 1.82) is 0 Å². The molecule has 26 nitrogen and oxygen atoms in total. The summed E-state index contributed by atoms with van der Waals surface area (Å²) in [7, 11) is -2.99. The number of carbonyl (C=O) groups is 3. The summed E-state index contributed by atoms with van der Waals surface area (Å²) >= 11 is 0. The van der Waals surface area contributed by atoms with Gasteiger partial charge in [0.2, 0.25) is 10.0 Å². The van der Waals surface area contributed by atoms with E-state index in [0.717, 1.165) is 22.8 Å². The molecule has 0 saturated heterocycles. The summed E-state index contributed by atoms with van der Waals surface area (Å²) in [6.45, 7) is 2.95. The number of halogens is 3. The predicted molar refractivity (Wildman–Crippen MR) is 259 cm³/mol. The zero-order chi connectivity index (χ0) is 56.6. The number of para-hydroxylation sites is 1. The Kier molecular flexibility index (Phi) is 20.8. The van der Waals surface area contributed by atoms with Crippen LogP contribution < -0.4 is 20.3 Å². The summed E-state index contributed by atoms with van der Waals surface area (Å²) in [6, 6.07) is 10.7. The molecule has 1 aromatic heterocycles. The van der Waals surface area contributed by atoms with Gasteiger partial charge in [0.1, 0.15) is 36.1 Å². The Labute approximate surface area is 435 Å². The number of alkyl halides is 3. The Morgan fingerprint density at radius 3 is 2.34 bits per heavy atom. The molecule has 30 heteroatoms. The molecule has 1 aliphatic carbocycles. The van der Waals surface area contributed by atoms with Gasteiger partial charge in [0.25, 0.3) is 20.8 Å². The number of benzene rings is 3. The number of nitrogens with one attached hydrogen (secondary N) is 2. The van der Waals surface area contributed by atoms with Crippen molar-refractivity contribution in [1.82, 2.24) is 19.6 Å². The number of fused-ring (bicyclic) bond motifs is 1. The van der Waals surface area contributed by atoms with Crippen molar-refractivity contribution in [3.63, 3.8) is 0 Å². The van der Waals surface area contributed by atoms with E-state index in [1.165, 1.54) is 56.4 Å². The number of hydrogen-bond donors (Lipinski definition) is 2. The average molecular weight is 1110 g/mol. The van der Waals surface area contributed by atoms with Crippen LogP contribution in [0.2, 0.25) is 0 Å². The highest BCUT2D eigenvalue weighted by Gasteiger charge is 2.45. The zero-order valence-electron chi connectivity index (χ0n) is 41.5. The van der Waals surface area contributed by atoms with Crippen LogP contribution in [0.15, 0.2) is 88.6 Å². The van der Waals surface area contributed by atoms with E-state index in [4.69, 9.17) is 28.6 Å². The molecule has 3 aromatic carbocycles. The molecule has 1 heterocycles. The third kappa shape index (κ3) is 16.3. The molecule has 0 unspecified atom stereocenters. The molecule has 2 N–H and O–H groups in total. The van der Waals surface area contributed by atoms with Crippen LogP contribution in [0.3, 0.4) is 0 Å². The van der Waals surface area contributed by atoms with Crippen LogP contribution in [-0.2, 0) is 56.3 Å². The van der Waals surface area contributed by atoms with Crippen molar-refractivity contribution in [2.45, 2.75) is 88.9 Å². The van der Waals surface area contributed by atoms with Gasteiger partial charge in [-0.15, -0.1) is 30.3 Å². The normalized spacial score (nSPS) is 16.9. The second-order valence-electron chi connectivity index (χ2n) is 16.8. The number of allylic oxidation sites excluding steroid dienone is 2. The van der Waals surface area contributed by atoms with Crippen LogP contribution in [0.25, 0.3) is 16.6 Å². The third-order valence-electron chi connectivity index (χ3n) is 11.8. The topological polar surface area (TPSA) is 338 Å². The largest absolute Gasteiger partial charge is 0.491 e. The molecule has 5 rings (SSSR count). The number of amides is 1. The summed E-state index contributed by atoms with van der Waals surface area (Å²) in [4.78, 5) is 105. The molecule has 1 aliphatic rings. The van der Waals surface area contributed by atoms with Crippen molar-refractivity contribution < 1.29 is 84.7 Å². The fourth-order valence-corrected chi connectivity index (χ4v) is 9.34. The van der Waals surface area contributed by atoms with E-state index < -0.39 is 104 Å². The maximum atomic E-state index is 14.4. The van der Waals surface area contributed by atoms with Gasteiger partial charge in [0.15, 0.2) is 18.5 Å². The molecular formula is C47H52F3N7O19S. The molecule has 1 amide bonds. The monoisotopic (exact) mass is 1110 g/mol. The Morgan fingerprint density at radius 1 is 0.948 bits per heavy atom. The van der Waals surface area contributed by atoms with Crippen molar-refractivity contribution in [2.75, 3.05) is 33.4 Å². The van der Waals surface area contributed by atoms with Crippen LogP contribution in [-0.4, -0.2) is 103 Å². The summed E-state index contributed by atoms with van der Waals surface area (Å²) in [6.07, 6.45) is -4.44. The lowest BCUT2D eigenvalue weighted by Crippen LogP contribution is -2.31. The minimum Gasteiger partial charge on any atom is -0.491 e. The van der Waals surface area contributed by atoms with E-state index in [-0.39, 0.29) is 96.0 Å². The van der Waals surface area contributed by atoms with Crippen molar-refractivity contribution >= 4 is 39.0 Å². The number of nitrogens with zero attached hydrogens (tertiary/aromatic N) is 5. The van der Waals surface area contributed by atoms with Gasteiger partial charge in [-0.1, -0.05) is 42.5 Å². The second kappa shape index (κ2) is 26.9. The molecule has 1 saturated carbocycles. The van der Waals surface area contributed by atoms with E-state index in [0.29, 0.717) is 11.6 Å². The zero-order valence-corrected chi connectivity index (χ0v) is 42.3. The highest BCUT2D eigenvalue weighted by atomic mass is 32.2. The summed E-state index contributed by atoms with van der Waals surface area (Å²) in [5.74, 6) is -3.79. The van der Waals surface area contributed by atoms with Gasteiger partial charge >= 0.3 is 24.2 Å². The molecule has 416 valence electrons. The molecule has 1 fully saturated rings. The Bertz CT molecular complexity index is 3060. The lowest BCUT2D eigenvalue weighted by Gasteiger charge is -2.22. The fraction of sp³-hybridized carbons (Fsp3) is 0.426. The smallest absolute Gasteiger partial charge is 0.416 e. The van der Waals surface area contributed by atoms with Crippen LogP contribution in [0.5, 0.6) is 5.75 Å². The van der Waals surface area contributed by atoms with Gasteiger partial charge in [0.05, 0.1) is 40.9 Å². The van der Waals surface area contributed by atoms with E-state index in [1.54, 1.807) is 26.0 Å². The maximum Gasteiger partial charge on any atom is 0.416 e. The highest BCUT2D eigenvalue weighted by molar-refractivity contribution is 7.89. The van der Waals surface area contributed by atoms with Crippen LogP contribution in [0.1, 0.15) is 71.9 Å². The number of hydrogen-bond acceptors (Lipinski definition) is 20. The van der Waals surface area contributed by atoms with Crippen molar-refractivity contribution in [3.05, 3.63) is 148 Å². The van der Waals surface area contributed by atoms with E-state index >= 15 is 0 Å². The molecule has 0 spiro atoms. The van der Waals surface area contributed by atoms with Crippen LogP contribution >= 0.6 is 0 Å². The van der Waals surface area contributed by atoms with Gasteiger partial charge in [-0.25, -0.2) is 27.7 Å². The first-order valence-electron chi connectivity index (χ1n) is 23.3. The minimum atomic E-state index is -4.71. The lowest BCUT2D eigenvalue weighted by molar-refractivity contribution is -0.776. The number of alkyl carbamates (subject to hydrolysis) is 1. The standard InChI is InChI=1S/C47H52F3N7O19S/c1-5-70-45(60)42-28(2)23-35-43(29(42)3)44(59)54(36-16-10-11-17-39(36)77(68,69)51-4)40(53-35)27-73-46(61)52-21-22-71-41(58)18-9-7-6-8-15-33-34(38(76-57(66)67)25-37(33)75-56(64)65)20-19-32(74-55(62)63)26-72-31-14-12-13-30(24-31)47(48,49)50/h6,8,10-14,16-17,19-20,23-24,32-34,37-38,51H,5,7,9,15,18,21-22,25-27H2,1-4H3,(H,52,61)/b8-6-,20-19+/t32-,33-,34-,37+,38-/m1/s1. The first-order valence-corrected chi connectivity index (χ1v) is 24.8. The van der Waals surface area contributed by atoms with E-state index in [1.807, 2.05) is 0 Å². The fourth-order valence-electron chi connectivity index (χ4n) is 8.43. The predicted octanol–water partition coefficient (Wildman–Crippen LogP) is 5.99. The average Bonchev–Trinajstić information content (AvgIpc) is 3.74. The highest BCUT2D eigenvalue weighted by Crippen LogP contribution is 2.40. The lowest BCUT2D eigenvalue weighted by atomic mass is 9.89. The molecule has 0 bridgehead atoms. The van der Waals surface area contributed by atoms with Gasteiger partial charge in [-0.3, -0.25) is 14.2 Å². The van der Waals surface area contributed by atoms with Crippen LogP contribution in [0.4, 0.5) is 18.0 Å². The van der Waals surface area contributed by atoms with E-state index in [2.05, 4.69) is 19.9 Å². The van der Waals surface area contributed by atoms with Gasteiger partial charge < -0.3 is 38.8 Å². The molecule has 4 aromatic rings. The van der Waals surface area contributed by atoms with Crippen molar-refractivity contribution in [3.8, 4) is 11.4 Å².